The number of anilines is 1. The van der Waals surface area contributed by atoms with E-state index in [1.165, 1.54) is 24.1 Å². The van der Waals surface area contributed by atoms with Crippen molar-refractivity contribution in [1.82, 2.24) is 4.57 Å². The van der Waals surface area contributed by atoms with Crippen LogP contribution in [-0.2, 0) is 11.0 Å². The van der Waals surface area contributed by atoms with Gasteiger partial charge in [-0.05, 0) is 80.6 Å². The number of rotatable bonds is 7. The number of amides is 1. The van der Waals surface area contributed by atoms with Crippen LogP contribution in [0.2, 0.25) is 0 Å². The van der Waals surface area contributed by atoms with E-state index in [4.69, 9.17) is 9.47 Å². The van der Waals surface area contributed by atoms with E-state index in [-0.39, 0.29) is 34.9 Å². The number of carboxylic acid groups (broad SMARTS) is 1. The molecule has 0 spiro atoms. The van der Waals surface area contributed by atoms with Crippen molar-refractivity contribution in [3.05, 3.63) is 78.0 Å². The van der Waals surface area contributed by atoms with E-state index < -0.39 is 23.1 Å². The van der Waals surface area contributed by atoms with E-state index in [0.717, 1.165) is 12.1 Å². The lowest BCUT2D eigenvalue weighted by Gasteiger charge is -2.26. The molecule has 10 heteroatoms. The third kappa shape index (κ3) is 6.16. The fourth-order valence-electron chi connectivity index (χ4n) is 4.52. The van der Waals surface area contributed by atoms with Crippen molar-refractivity contribution in [3.8, 4) is 22.9 Å². The van der Waals surface area contributed by atoms with E-state index in [0.29, 0.717) is 22.3 Å². The number of benzene rings is 3. The molecule has 0 atom stereocenters. The van der Waals surface area contributed by atoms with Crippen molar-refractivity contribution in [2.24, 2.45) is 5.41 Å². The summed E-state index contributed by atoms with van der Waals surface area (Å²) in [5.74, 6) is -0.530. The quantitative estimate of drug-likeness (QED) is 0.245. The van der Waals surface area contributed by atoms with Crippen molar-refractivity contribution in [3.63, 3.8) is 0 Å². The topological polar surface area (TPSA) is 81.0 Å². The van der Waals surface area contributed by atoms with Gasteiger partial charge in [0, 0.05) is 23.5 Å². The Morgan fingerprint density at radius 1 is 0.878 bits per heavy atom. The Hall–Kier alpha value is -4.47. The molecule has 0 radical (unpaired) electrons. The molecule has 0 aliphatic carbocycles. The number of hydrogen-bond donors (Lipinski definition) is 1. The molecule has 0 aliphatic heterocycles. The summed E-state index contributed by atoms with van der Waals surface area (Å²) in [6.07, 6.45) is -4.53. The van der Waals surface area contributed by atoms with Crippen LogP contribution in [0.15, 0.2) is 66.7 Å². The van der Waals surface area contributed by atoms with Crippen molar-refractivity contribution >= 4 is 28.5 Å². The Morgan fingerprint density at radius 3 is 1.95 bits per heavy atom. The number of alkyl halides is 3. The lowest BCUT2D eigenvalue weighted by molar-refractivity contribution is -0.137. The van der Waals surface area contributed by atoms with E-state index in [1.807, 2.05) is 13.8 Å². The van der Waals surface area contributed by atoms with Gasteiger partial charge in [0.2, 0.25) is 5.91 Å². The molecule has 1 amide bonds. The van der Waals surface area contributed by atoms with Gasteiger partial charge in [0.25, 0.3) is 0 Å². The van der Waals surface area contributed by atoms with E-state index in [9.17, 15) is 27.9 Å². The number of fused-ring (bicyclic) bond motifs is 1. The number of aromatic carboxylic acids is 1. The maximum atomic E-state index is 13.3. The number of carbonyl (C=O) groups excluding carboxylic acids is 1. The summed E-state index contributed by atoms with van der Waals surface area (Å²) in [6, 6.07) is 16.0. The molecule has 3 aromatic carbocycles. The maximum absolute atomic E-state index is 13.3. The number of carbonyl (C=O) groups is 2. The average Bonchev–Trinajstić information content (AvgIpc) is 3.22. The van der Waals surface area contributed by atoms with Crippen molar-refractivity contribution in [1.29, 1.82) is 0 Å². The zero-order valence-electron chi connectivity index (χ0n) is 23.5. The second-order valence-electron chi connectivity index (χ2n) is 10.9. The third-order valence-electron chi connectivity index (χ3n) is 6.28. The third-order valence-corrected chi connectivity index (χ3v) is 6.28. The average molecular weight is 569 g/mol. The molecule has 0 fully saturated rings. The molecule has 1 N–H and O–H groups in total. The molecule has 0 saturated heterocycles. The highest BCUT2D eigenvalue weighted by Crippen LogP contribution is 2.40. The molecule has 0 saturated carbocycles. The van der Waals surface area contributed by atoms with Crippen LogP contribution in [0.5, 0.6) is 17.2 Å². The Labute approximate surface area is 235 Å². The van der Waals surface area contributed by atoms with Crippen LogP contribution in [0, 0.1) is 5.41 Å². The molecular formula is C31H31F3N2O5. The summed E-state index contributed by atoms with van der Waals surface area (Å²) in [5.41, 5.74) is -0.579. The number of halogens is 3. The van der Waals surface area contributed by atoms with Crippen molar-refractivity contribution in [2.75, 3.05) is 11.9 Å². The van der Waals surface area contributed by atoms with Gasteiger partial charge < -0.3 is 24.0 Å². The molecule has 41 heavy (non-hydrogen) atoms. The van der Waals surface area contributed by atoms with E-state index >= 15 is 0 Å². The van der Waals surface area contributed by atoms with Crippen LogP contribution >= 0.6 is 0 Å². The normalized spacial score (nSPS) is 12.0. The van der Waals surface area contributed by atoms with Gasteiger partial charge in [-0.1, -0.05) is 20.8 Å². The predicted molar refractivity (Wildman–Crippen MR) is 150 cm³/mol. The Kier molecular flexibility index (Phi) is 7.80. The Morgan fingerprint density at radius 2 is 1.44 bits per heavy atom. The lowest BCUT2D eigenvalue weighted by Crippen LogP contribution is -2.37. The summed E-state index contributed by atoms with van der Waals surface area (Å²) in [4.78, 5) is 27.4. The van der Waals surface area contributed by atoms with Gasteiger partial charge in [-0.25, -0.2) is 4.79 Å². The minimum Gasteiger partial charge on any atom is -0.491 e. The second kappa shape index (κ2) is 10.8. The molecule has 0 unspecified atom stereocenters. The summed E-state index contributed by atoms with van der Waals surface area (Å²) < 4.78 is 52.1. The maximum Gasteiger partial charge on any atom is 0.416 e. The van der Waals surface area contributed by atoms with Crippen LogP contribution < -0.4 is 14.4 Å². The van der Waals surface area contributed by atoms with Gasteiger partial charge >= 0.3 is 12.1 Å². The van der Waals surface area contributed by atoms with Gasteiger partial charge in [-0.2, -0.15) is 13.2 Å². The molecule has 1 aromatic heterocycles. The number of carboxylic acids is 1. The fourth-order valence-corrected chi connectivity index (χ4v) is 4.52. The van der Waals surface area contributed by atoms with Crippen molar-refractivity contribution < 1.29 is 37.3 Å². The van der Waals surface area contributed by atoms with Gasteiger partial charge in [0.15, 0.2) is 5.69 Å². The molecule has 0 bridgehead atoms. The highest BCUT2D eigenvalue weighted by molar-refractivity contribution is 6.13. The Bertz CT molecular complexity index is 1580. The smallest absolute Gasteiger partial charge is 0.416 e. The minimum absolute atomic E-state index is 0.0467. The standard InChI is InChI=1S/C31H31F3N2O5/c1-18(2)40-21-13-9-20(10-14-21)36-25-16-15-23(41-22-11-7-19(8-12-22)31(32,33)34)17-24(25)26(27(36)28(37)38)35(6)29(39)30(3,4)5/h7-18H,1-6H3,(H,37,38). The van der Waals surface area contributed by atoms with Crippen LogP contribution in [0.1, 0.15) is 50.7 Å². The predicted octanol–water partition coefficient (Wildman–Crippen LogP) is 7.94. The molecule has 7 nitrogen and oxygen atoms in total. The first-order valence-corrected chi connectivity index (χ1v) is 12.9. The SMILES string of the molecule is CC(C)Oc1ccc(-n2c(C(=O)O)c(N(C)C(=O)C(C)(C)C)c3cc(Oc4ccc(C(F)(F)F)cc4)ccc32)cc1. The van der Waals surface area contributed by atoms with Crippen LogP contribution in [-0.4, -0.2) is 34.7 Å². The summed E-state index contributed by atoms with van der Waals surface area (Å²) in [7, 11) is 1.52. The lowest BCUT2D eigenvalue weighted by atomic mass is 9.94. The largest absolute Gasteiger partial charge is 0.491 e. The van der Waals surface area contributed by atoms with Crippen LogP contribution in [0.3, 0.4) is 0 Å². The fraction of sp³-hybridized carbons (Fsp3) is 0.290. The zero-order chi connectivity index (χ0) is 30.3. The monoisotopic (exact) mass is 568 g/mol. The van der Waals surface area contributed by atoms with Crippen LogP contribution in [0.4, 0.5) is 18.9 Å². The van der Waals surface area contributed by atoms with Crippen molar-refractivity contribution in [2.45, 2.75) is 46.9 Å². The molecule has 4 rings (SSSR count). The van der Waals surface area contributed by atoms with Gasteiger partial charge in [-0.3, -0.25) is 4.79 Å². The number of nitrogens with zero attached hydrogens (tertiary/aromatic N) is 2. The molecular weight excluding hydrogens is 537 g/mol. The first-order chi connectivity index (χ1) is 19.1. The van der Waals surface area contributed by atoms with Gasteiger partial charge in [0.05, 0.1) is 22.9 Å². The van der Waals surface area contributed by atoms with Gasteiger partial charge in [0.1, 0.15) is 17.2 Å². The highest BCUT2D eigenvalue weighted by atomic mass is 19.4. The number of aromatic nitrogens is 1. The molecule has 1 heterocycles. The minimum atomic E-state index is -4.48. The Balaban J connectivity index is 1.90. The first kappa shape index (κ1) is 29.5. The summed E-state index contributed by atoms with van der Waals surface area (Å²) in [6.45, 7) is 9.00. The first-order valence-electron chi connectivity index (χ1n) is 12.9. The summed E-state index contributed by atoms with van der Waals surface area (Å²) in [5, 5.41) is 10.8. The van der Waals surface area contributed by atoms with E-state index in [2.05, 4.69) is 0 Å². The number of ether oxygens (including phenoxy) is 2. The second-order valence-corrected chi connectivity index (χ2v) is 10.9. The summed E-state index contributed by atoms with van der Waals surface area (Å²) >= 11 is 0. The zero-order valence-corrected chi connectivity index (χ0v) is 23.5. The number of hydrogen-bond acceptors (Lipinski definition) is 4. The molecule has 216 valence electrons. The molecule has 4 aromatic rings. The molecule has 0 aliphatic rings. The van der Waals surface area contributed by atoms with Gasteiger partial charge in [-0.15, -0.1) is 0 Å². The van der Waals surface area contributed by atoms with E-state index in [1.54, 1.807) is 67.8 Å². The highest BCUT2D eigenvalue weighted by Gasteiger charge is 2.33. The van der Waals surface area contributed by atoms with Crippen LogP contribution in [0.25, 0.3) is 16.6 Å².